The average Bonchev–Trinajstić information content (AvgIpc) is 2.27. The Bertz CT molecular complexity index is 297. The van der Waals surface area contributed by atoms with Crippen LogP contribution in [0.15, 0.2) is 0 Å². The van der Waals surface area contributed by atoms with Gasteiger partial charge in [0.25, 0.3) is 0 Å². The molecule has 0 aromatic carbocycles. The fourth-order valence-electron chi connectivity index (χ4n) is 1.20. The van der Waals surface area contributed by atoms with Crippen LogP contribution in [0.4, 0.5) is 0 Å². The predicted molar refractivity (Wildman–Crippen MR) is 53.3 cm³/mol. The fourth-order valence-corrected chi connectivity index (χ4v) is 1.85. The van der Waals surface area contributed by atoms with Gasteiger partial charge < -0.3 is 9.30 Å². The van der Waals surface area contributed by atoms with E-state index in [2.05, 4.69) is 4.98 Å². The van der Waals surface area contributed by atoms with Crippen molar-refractivity contribution in [2.24, 2.45) is 0 Å². The number of methoxy groups -OCH3 is 1. The van der Waals surface area contributed by atoms with Crippen molar-refractivity contribution in [1.29, 1.82) is 0 Å². The molecule has 0 aliphatic rings. The maximum absolute atomic E-state index is 5.89. The van der Waals surface area contributed by atoms with Gasteiger partial charge in [-0.1, -0.05) is 11.6 Å². The lowest BCUT2D eigenvalue weighted by atomic mass is 10.3. The molecule has 0 fully saturated rings. The molecular formula is C8H12Cl2N2O. The molecule has 74 valence electrons. The molecule has 1 rings (SSSR count). The number of halogens is 2. The first-order chi connectivity index (χ1) is 6.07. The molecule has 0 atom stereocenters. The molecule has 1 aromatic heterocycles. The first-order valence-corrected chi connectivity index (χ1v) is 4.74. The molecule has 0 saturated heterocycles. The molecule has 0 amide bonds. The number of ether oxygens (including phenoxy) is 1. The summed E-state index contributed by atoms with van der Waals surface area (Å²) in [6.07, 6.45) is 0. The van der Waals surface area contributed by atoms with Crippen LogP contribution in [0.1, 0.15) is 25.6 Å². The Morgan fingerprint density at radius 2 is 2.08 bits per heavy atom. The molecule has 0 bridgehead atoms. The van der Waals surface area contributed by atoms with Crippen LogP contribution in [0, 0.1) is 0 Å². The summed E-state index contributed by atoms with van der Waals surface area (Å²) in [6, 6.07) is 0.234. The highest BCUT2D eigenvalue weighted by molar-refractivity contribution is 6.32. The summed E-state index contributed by atoms with van der Waals surface area (Å²) in [5.74, 6) is 0. The lowest BCUT2D eigenvalue weighted by Crippen LogP contribution is -2.06. The molecule has 0 N–H and O–H groups in total. The zero-order chi connectivity index (χ0) is 10.0. The van der Waals surface area contributed by atoms with Crippen molar-refractivity contribution in [1.82, 2.24) is 9.55 Å². The van der Waals surface area contributed by atoms with Gasteiger partial charge in [-0.3, -0.25) is 0 Å². The van der Waals surface area contributed by atoms with Crippen LogP contribution in [0.3, 0.4) is 0 Å². The molecule has 1 aromatic rings. The van der Waals surface area contributed by atoms with Crippen molar-refractivity contribution in [3.05, 3.63) is 16.1 Å². The van der Waals surface area contributed by atoms with E-state index in [9.17, 15) is 0 Å². The number of hydrogen-bond acceptors (Lipinski definition) is 2. The van der Waals surface area contributed by atoms with E-state index in [1.54, 1.807) is 7.11 Å². The number of aromatic nitrogens is 2. The Balaban J connectivity index is 3.13. The third-order valence-electron chi connectivity index (χ3n) is 1.72. The van der Waals surface area contributed by atoms with Gasteiger partial charge in [-0.25, -0.2) is 4.98 Å². The van der Waals surface area contributed by atoms with Gasteiger partial charge in [0.15, 0.2) is 5.15 Å². The van der Waals surface area contributed by atoms with Crippen LogP contribution >= 0.6 is 23.2 Å². The first-order valence-electron chi connectivity index (χ1n) is 3.99. The van der Waals surface area contributed by atoms with Crippen molar-refractivity contribution >= 4 is 23.2 Å². The Morgan fingerprint density at radius 1 is 1.46 bits per heavy atom. The van der Waals surface area contributed by atoms with Gasteiger partial charge in [-0.2, -0.15) is 0 Å². The minimum Gasteiger partial charge on any atom is -0.378 e. The quantitative estimate of drug-likeness (QED) is 0.787. The highest BCUT2D eigenvalue weighted by Crippen LogP contribution is 2.25. The summed E-state index contributed by atoms with van der Waals surface area (Å²) in [6.45, 7) is 4.46. The first kappa shape index (κ1) is 10.8. The number of hydrogen-bond donors (Lipinski definition) is 0. The van der Waals surface area contributed by atoms with E-state index in [-0.39, 0.29) is 6.04 Å². The molecule has 5 heteroatoms. The molecule has 0 aliphatic heterocycles. The molecule has 3 nitrogen and oxygen atoms in total. The van der Waals surface area contributed by atoms with E-state index in [1.165, 1.54) is 0 Å². The SMILES string of the molecule is COCc1c(Cl)nc(Cl)n1C(C)C. The van der Waals surface area contributed by atoms with E-state index < -0.39 is 0 Å². The largest absolute Gasteiger partial charge is 0.378 e. The maximum atomic E-state index is 5.89. The van der Waals surface area contributed by atoms with Gasteiger partial charge in [-0.05, 0) is 25.4 Å². The van der Waals surface area contributed by atoms with E-state index in [1.807, 2.05) is 18.4 Å². The predicted octanol–water partition coefficient (Wildman–Crippen LogP) is 2.92. The zero-order valence-electron chi connectivity index (χ0n) is 7.84. The minimum atomic E-state index is 0.234. The summed E-state index contributed by atoms with van der Waals surface area (Å²) in [7, 11) is 1.61. The third kappa shape index (κ3) is 2.16. The second-order valence-corrected chi connectivity index (χ2v) is 3.71. The van der Waals surface area contributed by atoms with Crippen molar-refractivity contribution in [3.63, 3.8) is 0 Å². The van der Waals surface area contributed by atoms with E-state index >= 15 is 0 Å². The van der Waals surface area contributed by atoms with Gasteiger partial charge >= 0.3 is 0 Å². The summed E-state index contributed by atoms with van der Waals surface area (Å²) >= 11 is 11.8. The fraction of sp³-hybridized carbons (Fsp3) is 0.625. The monoisotopic (exact) mass is 222 g/mol. The van der Waals surface area contributed by atoms with Crippen LogP contribution in [0.25, 0.3) is 0 Å². The van der Waals surface area contributed by atoms with Gasteiger partial charge in [0, 0.05) is 13.2 Å². The summed E-state index contributed by atoms with van der Waals surface area (Å²) in [5.41, 5.74) is 0.823. The molecule has 0 radical (unpaired) electrons. The maximum Gasteiger partial charge on any atom is 0.204 e. The van der Waals surface area contributed by atoms with Crippen LogP contribution in [-0.4, -0.2) is 16.7 Å². The molecule has 0 unspecified atom stereocenters. The molecule has 13 heavy (non-hydrogen) atoms. The normalized spacial score (nSPS) is 11.2. The van der Waals surface area contributed by atoms with E-state index in [0.717, 1.165) is 5.69 Å². The average molecular weight is 223 g/mol. The summed E-state index contributed by atoms with van der Waals surface area (Å²) < 4.78 is 6.86. The van der Waals surface area contributed by atoms with Crippen LogP contribution < -0.4 is 0 Å². The minimum absolute atomic E-state index is 0.234. The topological polar surface area (TPSA) is 27.1 Å². The Kier molecular flexibility index (Phi) is 3.59. The van der Waals surface area contributed by atoms with Crippen LogP contribution in [0.2, 0.25) is 10.4 Å². The molecule has 0 aliphatic carbocycles. The Hall–Kier alpha value is -0.250. The molecule has 1 heterocycles. The lowest BCUT2D eigenvalue weighted by molar-refractivity contribution is 0.177. The summed E-state index contributed by atoms with van der Waals surface area (Å²) in [4.78, 5) is 3.96. The standard InChI is InChI=1S/C8H12Cl2N2O/c1-5(2)12-6(4-13-3)7(9)11-8(12)10/h5H,4H2,1-3H3. The third-order valence-corrected chi connectivity index (χ3v) is 2.28. The van der Waals surface area contributed by atoms with Crippen molar-refractivity contribution < 1.29 is 4.74 Å². The van der Waals surface area contributed by atoms with Gasteiger partial charge in [0.2, 0.25) is 5.28 Å². The highest BCUT2D eigenvalue weighted by atomic mass is 35.5. The van der Waals surface area contributed by atoms with Crippen LogP contribution in [-0.2, 0) is 11.3 Å². The number of imidazole rings is 1. The molecule has 0 spiro atoms. The van der Waals surface area contributed by atoms with Crippen molar-refractivity contribution in [2.75, 3.05) is 7.11 Å². The Morgan fingerprint density at radius 3 is 2.54 bits per heavy atom. The number of rotatable bonds is 3. The van der Waals surface area contributed by atoms with Crippen LogP contribution in [0.5, 0.6) is 0 Å². The number of nitrogens with zero attached hydrogens (tertiary/aromatic N) is 2. The smallest absolute Gasteiger partial charge is 0.204 e. The Labute approximate surface area is 87.6 Å². The summed E-state index contributed by atoms with van der Waals surface area (Å²) in [5, 5.41) is 0.826. The molecule has 0 saturated carbocycles. The second-order valence-electron chi connectivity index (χ2n) is 3.02. The van der Waals surface area contributed by atoms with Gasteiger partial charge in [0.1, 0.15) is 0 Å². The molecular weight excluding hydrogens is 211 g/mol. The van der Waals surface area contributed by atoms with Gasteiger partial charge in [0.05, 0.1) is 12.3 Å². The van der Waals surface area contributed by atoms with E-state index in [4.69, 9.17) is 27.9 Å². The van der Waals surface area contributed by atoms with Crippen molar-refractivity contribution in [3.8, 4) is 0 Å². The lowest BCUT2D eigenvalue weighted by Gasteiger charge is -2.12. The second kappa shape index (κ2) is 4.31. The zero-order valence-corrected chi connectivity index (χ0v) is 9.35. The van der Waals surface area contributed by atoms with E-state index in [0.29, 0.717) is 17.0 Å². The highest BCUT2D eigenvalue weighted by Gasteiger charge is 2.15. The van der Waals surface area contributed by atoms with Gasteiger partial charge in [-0.15, -0.1) is 0 Å². The van der Waals surface area contributed by atoms with Crippen molar-refractivity contribution in [2.45, 2.75) is 26.5 Å².